The topological polar surface area (TPSA) is 43.8 Å². The number of fused-ring (bicyclic) bond motifs is 1. The van der Waals surface area contributed by atoms with E-state index in [9.17, 15) is 0 Å². The van der Waals surface area contributed by atoms with Gasteiger partial charge in [-0.1, -0.05) is 39.7 Å². The number of imidazole rings is 1. The number of aromatic nitrogens is 2. The Balaban J connectivity index is 2.16. The summed E-state index contributed by atoms with van der Waals surface area (Å²) in [5.74, 6) is 0.505. The van der Waals surface area contributed by atoms with E-state index in [1.165, 1.54) is 0 Å². The molecule has 0 saturated carbocycles. The minimum Gasteiger partial charge on any atom is -0.369 e. The highest BCUT2D eigenvalue weighted by molar-refractivity contribution is 9.10. The fraction of sp³-hybridized carbons (Fsp3) is 0.133. The molecular weight excluding hydrogens is 338 g/mol. The number of nitrogens with two attached hydrogens (primary N) is 1. The van der Waals surface area contributed by atoms with Crippen LogP contribution in [0.4, 0.5) is 5.95 Å². The van der Waals surface area contributed by atoms with Gasteiger partial charge in [0.2, 0.25) is 5.95 Å². The number of hydrogen-bond donors (Lipinski definition) is 1. The van der Waals surface area contributed by atoms with Gasteiger partial charge in [-0.05, 0) is 42.8 Å². The summed E-state index contributed by atoms with van der Waals surface area (Å²) in [6.45, 7) is 2.09. The maximum atomic E-state index is 6.08. The van der Waals surface area contributed by atoms with Crippen molar-refractivity contribution in [2.24, 2.45) is 0 Å². The Morgan fingerprint density at radius 3 is 2.80 bits per heavy atom. The average molecular weight is 351 g/mol. The molecule has 102 valence electrons. The maximum Gasteiger partial charge on any atom is 0.201 e. The second-order valence-corrected chi connectivity index (χ2v) is 6.06. The lowest BCUT2D eigenvalue weighted by atomic mass is 10.1. The molecule has 1 unspecified atom stereocenters. The smallest absolute Gasteiger partial charge is 0.201 e. The van der Waals surface area contributed by atoms with Crippen LogP contribution in [0.5, 0.6) is 0 Å². The molecule has 0 aliphatic rings. The van der Waals surface area contributed by atoms with Crippen molar-refractivity contribution in [3.63, 3.8) is 0 Å². The van der Waals surface area contributed by atoms with E-state index in [1.807, 2.05) is 47.0 Å². The Kier molecular flexibility index (Phi) is 3.44. The van der Waals surface area contributed by atoms with Gasteiger partial charge in [-0.3, -0.25) is 0 Å². The molecule has 20 heavy (non-hydrogen) atoms. The predicted octanol–water partition coefficient (Wildman–Crippen LogP) is 4.64. The fourth-order valence-corrected chi connectivity index (χ4v) is 2.96. The predicted molar refractivity (Wildman–Crippen MR) is 87.1 cm³/mol. The number of benzene rings is 2. The SMILES string of the molecule is CC(c1cccc(Cl)c1)n1c(N)nc2cc(Br)ccc21. The highest BCUT2D eigenvalue weighted by atomic mass is 79.9. The highest BCUT2D eigenvalue weighted by Crippen LogP contribution is 2.29. The Hall–Kier alpha value is -1.52. The summed E-state index contributed by atoms with van der Waals surface area (Å²) in [6.07, 6.45) is 0. The first-order valence-electron chi connectivity index (χ1n) is 6.24. The molecular formula is C15H13BrClN3. The van der Waals surface area contributed by atoms with E-state index in [0.29, 0.717) is 5.95 Å². The van der Waals surface area contributed by atoms with Gasteiger partial charge < -0.3 is 10.3 Å². The van der Waals surface area contributed by atoms with E-state index in [2.05, 4.69) is 27.8 Å². The maximum absolute atomic E-state index is 6.08. The zero-order valence-corrected chi connectivity index (χ0v) is 13.2. The third kappa shape index (κ3) is 2.30. The molecule has 1 aromatic heterocycles. The molecule has 3 aromatic rings. The molecule has 0 amide bonds. The van der Waals surface area contributed by atoms with Gasteiger partial charge in [-0.15, -0.1) is 0 Å². The summed E-state index contributed by atoms with van der Waals surface area (Å²) in [7, 11) is 0. The number of halogens is 2. The van der Waals surface area contributed by atoms with Crippen LogP contribution in [0.3, 0.4) is 0 Å². The lowest BCUT2D eigenvalue weighted by molar-refractivity contribution is 0.668. The van der Waals surface area contributed by atoms with Crippen molar-refractivity contribution >= 4 is 44.5 Å². The summed E-state index contributed by atoms with van der Waals surface area (Å²) in [5.41, 5.74) is 9.08. The van der Waals surface area contributed by atoms with Crippen LogP contribution in [0.2, 0.25) is 5.02 Å². The molecule has 2 aromatic carbocycles. The number of hydrogen-bond acceptors (Lipinski definition) is 2. The zero-order valence-electron chi connectivity index (χ0n) is 10.8. The van der Waals surface area contributed by atoms with Crippen molar-refractivity contribution < 1.29 is 0 Å². The van der Waals surface area contributed by atoms with Crippen LogP contribution in [0.25, 0.3) is 11.0 Å². The van der Waals surface area contributed by atoms with Gasteiger partial charge in [0.05, 0.1) is 17.1 Å². The summed E-state index contributed by atoms with van der Waals surface area (Å²) in [6, 6.07) is 13.8. The lowest BCUT2D eigenvalue weighted by Gasteiger charge is -2.16. The van der Waals surface area contributed by atoms with Gasteiger partial charge in [0.25, 0.3) is 0 Å². The normalized spacial score (nSPS) is 12.8. The Labute approximate surface area is 130 Å². The van der Waals surface area contributed by atoms with E-state index in [4.69, 9.17) is 17.3 Å². The second kappa shape index (κ2) is 5.11. The number of rotatable bonds is 2. The molecule has 2 N–H and O–H groups in total. The minimum atomic E-state index is 0.0693. The molecule has 0 aliphatic heterocycles. The van der Waals surface area contributed by atoms with Crippen molar-refractivity contribution in [2.45, 2.75) is 13.0 Å². The molecule has 1 atom stereocenters. The Morgan fingerprint density at radius 1 is 1.25 bits per heavy atom. The van der Waals surface area contributed by atoms with Crippen molar-refractivity contribution in [3.05, 3.63) is 57.5 Å². The van der Waals surface area contributed by atoms with Gasteiger partial charge in [0, 0.05) is 9.50 Å². The standard InChI is InChI=1S/C15H13BrClN3/c1-9(10-3-2-4-12(17)7-10)20-14-6-5-11(16)8-13(14)19-15(20)18/h2-9H,1H3,(H2,18,19). The quantitative estimate of drug-likeness (QED) is 0.731. The molecule has 3 nitrogen and oxygen atoms in total. The summed E-state index contributed by atoms with van der Waals surface area (Å²) >= 11 is 9.52. The number of anilines is 1. The fourth-order valence-electron chi connectivity index (χ4n) is 2.41. The first-order valence-corrected chi connectivity index (χ1v) is 7.42. The first-order chi connectivity index (χ1) is 9.56. The second-order valence-electron chi connectivity index (χ2n) is 4.70. The molecule has 0 aliphatic carbocycles. The van der Waals surface area contributed by atoms with Crippen LogP contribution in [0, 0.1) is 0 Å². The molecule has 0 spiro atoms. The van der Waals surface area contributed by atoms with Crippen molar-refractivity contribution in [1.29, 1.82) is 0 Å². The third-order valence-electron chi connectivity index (χ3n) is 3.40. The Morgan fingerprint density at radius 2 is 2.05 bits per heavy atom. The zero-order chi connectivity index (χ0) is 14.3. The number of nitrogens with zero attached hydrogens (tertiary/aromatic N) is 2. The van der Waals surface area contributed by atoms with Crippen LogP contribution >= 0.6 is 27.5 Å². The van der Waals surface area contributed by atoms with Crippen LogP contribution in [0.1, 0.15) is 18.5 Å². The van der Waals surface area contributed by atoms with E-state index < -0.39 is 0 Å². The monoisotopic (exact) mass is 349 g/mol. The first kappa shape index (κ1) is 13.5. The lowest BCUT2D eigenvalue weighted by Crippen LogP contribution is -2.10. The van der Waals surface area contributed by atoms with Crippen molar-refractivity contribution in [2.75, 3.05) is 5.73 Å². The molecule has 0 bridgehead atoms. The van der Waals surface area contributed by atoms with Gasteiger partial charge >= 0.3 is 0 Å². The number of nitrogen functional groups attached to an aromatic ring is 1. The summed E-state index contributed by atoms with van der Waals surface area (Å²) in [5, 5.41) is 0.722. The Bertz CT molecular complexity index is 782. The van der Waals surface area contributed by atoms with E-state index in [-0.39, 0.29) is 6.04 Å². The molecule has 3 rings (SSSR count). The van der Waals surface area contributed by atoms with Crippen LogP contribution in [0.15, 0.2) is 46.9 Å². The van der Waals surface area contributed by atoms with Gasteiger partial charge in [-0.25, -0.2) is 4.98 Å². The van der Waals surface area contributed by atoms with Gasteiger partial charge in [0.1, 0.15) is 0 Å². The van der Waals surface area contributed by atoms with Crippen LogP contribution < -0.4 is 5.73 Å². The average Bonchev–Trinajstić information content (AvgIpc) is 2.73. The molecule has 1 heterocycles. The van der Waals surface area contributed by atoms with Crippen molar-refractivity contribution in [1.82, 2.24) is 9.55 Å². The molecule has 0 radical (unpaired) electrons. The summed E-state index contributed by atoms with van der Waals surface area (Å²) in [4.78, 5) is 4.42. The van der Waals surface area contributed by atoms with Gasteiger partial charge in [0.15, 0.2) is 0 Å². The van der Waals surface area contributed by atoms with E-state index in [0.717, 1.165) is 26.1 Å². The van der Waals surface area contributed by atoms with E-state index >= 15 is 0 Å². The van der Waals surface area contributed by atoms with Crippen molar-refractivity contribution in [3.8, 4) is 0 Å². The van der Waals surface area contributed by atoms with E-state index in [1.54, 1.807) is 0 Å². The van der Waals surface area contributed by atoms with Crippen LogP contribution in [-0.4, -0.2) is 9.55 Å². The van der Waals surface area contributed by atoms with Crippen LogP contribution in [-0.2, 0) is 0 Å². The largest absolute Gasteiger partial charge is 0.369 e. The highest BCUT2D eigenvalue weighted by Gasteiger charge is 2.15. The minimum absolute atomic E-state index is 0.0693. The molecule has 0 fully saturated rings. The third-order valence-corrected chi connectivity index (χ3v) is 4.13. The van der Waals surface area contributed by atoms with Gasteiger partial charge in [-0.2, -0.15) is 0 Å². The summed E-state index contributed by atoms with van der Waals surface area (Å²) < 4.78 is 3.01. The molecule has 0 saturated heterocycles. The molecule has 5 heteroatoms.